The molecule has 0 saturated heterocycles. The molecule has 5 atom stereocenters. The molecule has 1 N–H and O–H groups in total. The lowest BCUT2D eigenvalue weighted by atomic mass is 9.84. The first-order chi connectivity index (χ1) is 20.0. The Labute approximate surface area is 241 Å². The van der Waals surface area contributed by atoms with E-state index >= 15 is 4.39 Å². The SMILES string of the molecule is CCOC(=O)[C@@H]1[C@H]2CC[C@H](C2)[C@@H]1NC(=O)c1nn(-c2ccc(F)cc2F)c2c1CS(=O)(=O)C[C@H]2Cc1cccc(F)c1. The third-order valence-electron chi connectivity index (χ3n) is 8.73. The van der Waals surface area contributed by atoms with E-state index in [1.165, 1.54) is 28.9 Å². The molecule has 0 spiro atoms. The van der Waals surface area contributed by atoms with Crippen LogP contribution in [0.15, 0.2) is 42.5 Å². The maximum absolute atomic E-state index is 15.1. The summed E-state index contributed by atoms with van der Waals surface area (Å²) in [4.78, 5) is 26.6. The standard InChI is InChI=1S/C30H30F3N3O5S/c1-2-41-30(38)25-17-6-7-18(12-17)26(25)34-29(37)27-22-15-42(39,40)14-19(10-16-4-3-5-20(31)11-16)28(22)36(35-27)24-9-8-21(32)13-23(24)33/h3-5,8-9,11,13,17-19,25-26H,2,6-7,10,12,14-15H2,1H3,(H,34,37)/t17-,18+,19+,25+,26-/m0/s1. The third kappa shape index (κ3) is 5.21. The summed E-state index contributed by atoms with van der Waals surface area (Å²) >= 11 is 0. The quantitative estimate of drug-likeness (QED) is 0.406. The molecule has 2 heterocycles. The second-order valence-corrected chi connectivity index (χ2v) is 13.5. The number of benzene rings is 2. The number of carbonyl (C=O) groups is 2. The number of ether oxygens (including phenoxy) is 1. The Hall–Kier alpha value is -3.67. The maximum Gasteiger partial charge on any atom is 0.311 e. The number of carbonyl (C=O) groups excluding carboxylic acids is 2. The van der Waals surface area contributed by atoms with Gasteiger partial charge in [-0.15, -0.1) is 0 Å². The number of aromatic nitrogens is 2. The summed E-state index contributed by atoms with van der Waals surface area (Å²) in [7, 11) is -3.74. The first-order valence-electron chi connectivity index (χ1n) is 14.0. The van der Waals surface area contributed by atoms with Crippen LogP contribution in [0.1, 0.15) is 59.4 Å². The lowest BCUT2D eigenvalue weighted by molar-refractivity contribution is -0.150. The summed E-state index contributed by atoms with van der Waals surface area (Å²) in [5.41, 5.74) is 0.561. The molecule has 2 fully saturated rings. The molecule has 2 bridgehead atoms. The van der Waals surface area contributed by atoms with Crippen molar-refractivity contribution in [1.82, 2.24) is 15.1 Å². The Morgan fingerprint density at radius 3 is 2.57 bits per heavy atom. The molecule has 42 heavy (non-hydrogen) atoms. The van der Waals surface area contributed by atoms with E-state index in [2.05, 4.69) is 10.4 Å². The summed E-state index contributed by atoms with van der Waals surface area (Å²) in [5.74, 6) is -5.33. The first-order valence-corrected chi connectivity index (χ1v) is 15.9. The Balaban J connectivity index is 1.44. The summed E-state index contributed by atoms with van der Waals surface area (Å²) < 4.78 is 75.7. The van der Waals surface area contributed by atoms with Gasteiger partial charge < -0.3 is 10.1 Å². The van der Waals surface area contributed by atoms with Crippen LogP contribution >= 0.6 is 0 Å². The van der Waals surface area contributed by atoms with E-state index in [4.69, 9.17) is 4.74 Å². The van der Waals surface area contributed by atoms with Crippen molar-refractivity contribution in [3.05, 3.63) is 82.4 Å². The third-order valence-corrected chi connectivity index (χ3v) is 10.4. The summed E-state index contributed by atoms with van der Waals surface area (Å²) in [5, 5.41) is 7.37. The second-order valence-electron chi connectivity index (χ2n) is 11.4. The summed E-state index contributed by atoms with van der Waals surface area (Å²) in [6.07, 6.45) is 2.54. The molecular formula is C30H30F3N3O5S. The zero-order valence-electron chi connectivity index (χ0n) is 22.9. The molecule has 2 aliphatic carbocycles. The minimum absolute atomic E-state index is 0.0604. The van der Waals surface area contributed by atoms with Gasteiger partial charge in [0.2, 0.25) is 0 Å². The number of esters is 1. The van der Waals surface area contributed by atoms with Crippen molar-refractivity contribution in [1.29, 1.82) is 0 Å². The monoisotopic (exact) mass is 601 g/mol. The van der Waals surface area contributed by atoms with Crippen LogP contribution in [0.5, 0.6) is 0 Å². The highest BCUT2D eigenvalue weighted by Gasteiger charge is 2.52. The molecule has 2 aromatic carbocycles. The van der Waals surface area contributed by atoms with Crippen LogP contribution in [0.3, 0.4) is 0 Å². The summed E-state index contributed by atoms with van der Waals surface area (Å²) in [6.45, 7) is 1.92. The number of halogens is 3. The van der Waals surface area contributed by atoms with Gasteiger partial charge in [-0.2, -0.15) is 5.10 Å². The molecule has 6 rings (SSSR count). The van der Waals surface area contributed by atoms with E-state index in [9.17, 15) is 26.8 Å². The highest BCUT2D eigenvalue weighted by molar-refractivity contribution is 7.90. The Kier molecular flexibility index (Phi) is 7.36. The largest absolute Gasteiger partial charge is 0.466 e. The van der Waals surface area contributed by atoms with Gasteiger partial charge in [0.05, 0.1) is 29.7 Å². The molecule has 1 aliphatic heterocycles. The first kappa shape index (κ1) is 28.4. The number of amides is 1. The minimum atomic E-state index is -3.74. The van der Waals surface area contributed by atoms with Crippen LogP contribution in [-0.4, -0.2) is 48.5 Å². The number of hydrogen-bond donors (Lipinski definition) is 1. The fourth-order valence-corrected chi connectivity index (χ4v) is 8.84. The normalized spacial score (nSPS) is 25.7. The fourth-order valence-electron chi connectivity index (χ4n) is 7.11. The van der Waals surface area contributed by atoms with E-state index in [-0.39, 0.29) is 53.5 Å². The molecular weight excluding hydrogens is 571 g/mol. The van der Waals surface area contributed by atoms with Crippen molar-refractivity contribution in [2.45, 2.75) is 50.3 Å². The highest BCUT2D eigenvalue weighted by atomic mass is 32.2. The smallest absolute Gasteiger partial charge is 0.311 e. The van der Waals surface area contributed by atoms with Crippen LogP contribution in [0.25, 0.3) is 5.69 Å². The Morgan fingerprint density at radius 1 is 1.07 bits per heavy atom. The van der Waals surface area contributed by atoms with Crippen molar-refractivity contribution in [3.8, 4) is 5.69 Å². The second kappa shape index (κ2) is 10.9. The lowest BCUT2D eigenvalue weighted by Gasteiger charge is -2.30. The van der Waals surface area contributed by atoms with E-state index < -0.39 is 56.8 Å². The van der Waals surface area contributed by atoms with E-state index in [0.29, 0.717) is 17.3 Å². The van der Waals surface area contributed by atoms with Crippen LogP contribution in [0.2, 0.25) is 0 Å². The van der Waals surface area contributed by atoms with Gasteiger partial charge in [-0.25, -0.2) is 26.3 Å². The van der Waals surface area contributed by atoms with Crippen LogP contribution in [0, 0.1) is 35.2 Å². The van der Waals surface area contributed by atoms with Gasteiger partial charge in [0.25, 0.3) is 5.91 Å². The highest BCUT2D eigenvalue weighted by Crippen LogP contribution is 2.49. The molecule has 3 aromatic rings. The van der Waals surface area contributed by atoms with Gasteiger partial charge in [-0.05, 0) is 74.3 Å². The van der Waals surface area contributed by atoms with Gasteiger partial charge >= 0.3 is 5.97 Å². The number of nitrogens with zero attached hydrogens (tertiary/aromatic N) is 2. The number of fused-ring (bicyclic) bond motifs is 3. The van der Waals surface area contributed by atoms with Crippen molar-refractivity contribution < 1.29 is 35.9 Å². The van der Waals surface area contributed by atoms with Gasteiger partial charge in [0.15, 0.2) is 21.3 Å². The molecule has 222 valence electrons. The number of rotatable bonds is 7. The van der Waals surface area contributed by atoms with E-state index in [1.54, 1.807) is 13.0 Å². The average molecular weight is 602 g/mol. The zero-order valence-corrected chi connectivity index (χ0v) is 23.7. The number of nitrogens with one attached hydrogen (secondary N) is 1. The van der Waals surface area contributed by atoms with Gasteiger partial charge in [0.1, 0.15) is 17.3 Å². The molecule has 8 nitrogen and oxygen atoms in total. The number of hydrogen-bond acceptors (Lipinski definition) is 6. The van der Waals surface area contributed by atoms with Crippen LogP contribution in [-0.2, 0) is 31.5 Å². The summed E-state index contributed by atoms with van der Waals surface area (Å²) in [6, 6.07) is 8.12. The van der Waals surface area contributed by atoms with E-state index in [0.717, 1.165) is 25.3 Å². The lowest BCUT2D eigenvalue weighted by Crippen LogP contribution is -2.47. The molecule has 12 heteroatoms. The average Bonchev–Trinajstić information content (AvgIpc) is 3.62. The molecule has 3 aliphatic rings. The predicted molar refractivity (Wildman–Crippen MR) is 146 cm³/mol. The van der Waals surface area contributed by atoms with Gasteiger partial charge in [-0.1, -0.05) is 12.1 Å². The molecule has 2 saturated carbocycles. The van der Waals surface area contributed by atoms with Crippen LogP contribution < -0.4 is 5.32 Å². The Morgan fingerprint density at radius 2 is 1.83 bits per heavy atom. The predicted octanol–water partition coefficient (Wildman–Crippen LogP) is 4.25. The topological polar surface area (TPSA) is 107 Å². The fraction of sp³-hybridized carbons (Fsp3) is 0.433. The van der Waals surface area contributed by atoms with Crippen molar-refractivity contribution in [2.24, 2.45) is 17.8 Å². The molecule has 1 aromatic heterocycles. The van der Waals surface area contributed by atoms with Crippen LogP contribution in [0.4, 0.5) is 13.2 Å². The van der Waals surface area contributed by atoms with E-state index in [1.807, 2.05) is 0 Å². The van der Waals surface area contributed by atoms with Crippen molar-refractivity contribution in [2.75, 3.05) is 12.4 Å². The molecule has 0 unspecified atom stereocenters. The number of sulfone groups is 1. The zero-order chi connectivity index (χ0) is 29.8. The van der Waals surface area contributed by atoms with Gasteiger partial charge in [-0.3, -0.25) is 9.59 Å². The Bertz CT molecular complexity index is 1670. The van der Waals surface area contributed by atoms with Crippen molar-refractivity contribution in [3.63, 3.8) is 0 Å². The van der Waals surface area contributed by atoms with Crippen molar-refractivity contribution >= 4 is 21.7 Å². The minimum Gasteiger partial charge on any atom is -0.466 e. The molecule has 0 radical (unpaired) electrons. The maximum atomic E-state index is 15.1. The van der Waals surface area contributed by atoms with Gasteiger partial charge in [0, 0.05) is 23.6 Å². The molecule has 1 amide bonds.